The number of benzene rings is 2. The highest BCUT2D eigenvalue weighted by molar-refractivity contribution is 6.36. The number of ether oxygens (including phenoxy) is 1. The second-order valence-corrected chi connectivity index (χ2v) is 8.73. The third-order valence-corrected chi connectivity index (χ3v) is 5.57. The molecule has 6 nitrogen and oxygen atoms in total. The Balaban J connectivity index is 1.77. The molecule has 166 valence electrons. The number of para-hydroxylation sites is 2. The van der Waals surface area contributed by atoms with Gasteiger partial charge in [-0.25, -0.2) is 0 Å². The molecule has 1 aliphatic heterocycles. The number of rotatable bonds is 7. The molecule has 8 heteroatoms. The van der Waals surface area contributed by atoms with Crippen LogP contribution in [0.4, 0.5) is 11.4 Å². The minimum absolute atomic E-state index is 0.200. The molecule has 2 aromatic rings. The van der Waals surface area contributed by atoms with Crippen molar-refractivity contribution in [2.24, 2.45) is 5.92 Å². The van der Waals surface area contributed by atoms with Crippen LogP contribution in [0.1, 0.15) is 30.6 Å². The molecule has 2 aromatic carbocycles. The number of carbonyl (C=O) groups is 2. The van der Waals surface area contributed by atoms with Crippen LogP contribution in [-0.2, 0) is 9.53 Å². The summed E-state index contributed by atoms with van der Waals surface area (Å²) < 4.78 is 5.43. The van der Waals surface area contributed by atoms with E-state index in [1.165, 1.54) is 6.07 Å². The number of amides is 2. The summed E-state index contributed by atoms with van der Waals surface area (Å²) in [6, 6.07) is 11.6. The van der Waals surface area contributed by atoms with E-state index in [1.54, 1.807) is 12.1 Å². The average Bonchev–Trinajstić information content (AvgIpc) is 2.74. The molecular formula is C23H27Cl2N3O3. The second-order valence-electron chi connectivity index (χ2n) is 7.89. The van der Waals surface area contributed by atoms with Gasteiger partial charge in [-0.2, -0.15) is 0 Å². The predicted molar refractivity (Wildman–Crippen MR) is 125 cm³/mol. The maximum absolute atomic E-state index is 13.2. The van der Waals surface area contributed by atoms with Crippen molar-refractivity contribution < 1.29 is 14.3 Å². The zero-order valence-electron chi connectivity index (χ0n) is 17.7. The number of nitrogens with zero attached hydrogens (tertiary/aromatic N) is 1. The summed E-state index contributed by atoms with van der Waals surface area (Å²) in [6.07, 6.45) is 0.489. The van der Waals surface area contributed by atoms with Crippen molar-refractivity contribution in [3.05, 3.63) is 58.1 Å². The molecule has 1 aliphatic rings. The van der Waals surface area contributed by atoms with Crippen molar-refractivity contribution >= 4 is 46.4 Å². The van der Waals surface area contributed by atoms with Crippen molar-refractivity contribution in [2.45, 2.75) is 26.3 Å². The van der Waals surface area contributed by atoms with Gasteiger partial charge in [-0.15, -0.1) is 0 Å². The van der Waals surface area contributed by atoms with Gasteiger partial charge in [0.15, 0.2) is 0 Å². The fourth-order valence-corrected chi connectivity index (χ4v) is 3.99. The van der Waals surface area contributed by atoms with E-state index in [0.29, 0.717) is 30.3 Å². The molecule has 31 heavy (non-hydrogen) atoms. The molecule has 0 saturated carbocycles. The Hall–Kier alpha value is -2.28. The molecule has 0 bridgehead atoms. The average molecular weight is 464 g/mol. The maximum atomic E-state index is 13.2. The van der Waals surface area contributed by atoms with Crippen molar-refractivity contribution in [3.63, 3.8) is 0 Å². The van der Waals surface area contributed by atoms with Gasteiger partial charge in [-0.3, -0.25) is 9.59 Å². The molecule has 0 radical (unpaired) electrons. The Labute approximate surface area is 192 Å². The summed E-state index contributed by atoms with van der Waals surface area (Å²) >= 11 is 12.1. The van der Waals surface area contributed by atoms with Crippen LogP contribution in [0.3, 0.4) is 0 Å². The highest BCUT2D eigenvalue weighted by Gasteiger charge is 2.25. The molecule has 0 aromatic heterocycles. The summed E-state index contributed by atoms with van der Waals surface area (Å²) in [5.41, 5.74) is 1.93. The largest absolute Gasteiger partial charge is 0.378 e. The molecule has 2 N–H and O–H groups in total. The number of nitrogens with one attached hydrogen (secondary N) is 2. The highest BCUT2D eigenvalue weighted by Crippen LogP contribution is 2.27. The van der Waals surface area contributed by atoms with Crippen LogP contribution in [0.5, 0.6) is 0 Å². The summed E-state index contributed by atoms with van der Waals surface area (Å²) in [5.74, 6) is -0.483. The molecule has 1 heterocycles. The Kier molecular flexibility index (Phi) is 8.18. The lowest BCUT2D eigenvalue weighted by Gasteiger charge is -2.31. The van der Waals surface area contributed by atoms with Crippen molar-refractivity contribution in [2.75, 3.05) is 36.5 Å². The predicted octanol–water partition coefficient (Wildman–Crippen LogP) is 4.61. The highest BCUT2D eigenvalue weighted by atomic mass is 35.5. The molecule has 0 spiro atoms. The van der Waals surface area contributed by atoms with Crippen molar-refractivity contribution in [3.8, 4) is 0 Å². The minimum Gasteiger partial charge on any atom is -0.378 e. The van der Waals surface area contributed by atoms with E-state index in [0.717, 1.165) is 18.8 Å². The first kappa shape index (κ1) is 23.4. The fourth-order valence-electron chi connectivity index (χ4n) is 3.49. The summed E-state index contributed by atoms with van der Waals surface area (Å²) in [5, 5.41) is 6.52. The zero-order chi connectivity index (χ0) is 22.4. The Morgan fingerprint density at radius 2 is 1.81 bits per heavy atom. The quantitative estimate of drug-likeness (QED) is 0.628. The third kappa shape index (κ3) is 6.35. The fraction of sp³-hybridized carbons (Fsp3) is 0.391. The van der Waals surface area contributed by atoms with Crippen LogP contribution >= 0.6 is 23.2 Å². The number of morpholine rings is 1. The van der Waals surface area contributed by atoms with E-state index < -0.39 is 11.9 Å². The van der Waals surface area contributed by atoms with Crippen molar-refractivity contribution in [1.29, 1.82) is 0 Å². The molecule has 0 unspecified atom stereocenters. The Bertz CT molecular complexity index is 930. The smallest absolute Gasteiger partial charge is 0.253 e. The zero-order valence-corrected chi connectivity index (χ0v) is 19.2. The topological polar surface area (TPSA) is 70.7 Å². The van der Waals surface area contributed by atoms with E-state index >= 15 is 0 Å². The van der Waals surface area contributed by atoms with Gasteiger partial charge in [0.1, 0.15) is 6.04 Å². The Morgan fingerprint density at radius 1 is 1.10 bits per heavy atom. The van der Waals surface area contributed by atoms with Crippen LogP contribution in [0.15, 0.2) is 42.5 Å². The van der Waals surface area contributed by atoms with Crippen molar-refractivity contribution in [1.82, 2.24) is 5.32 Å². The minimum atomic E-state index is -0.711. The lowest BCUT2D eigenvalue weighted by Crippen LogP contribution is -2.45. The van der Waals surface area contributed by atoms with E-state index in [9.17, 15) is 9.59 Å². The molecule has 1 atom stereocenters. The van der Waals surface area contributed by atoms with E-state index in [-0.39, 0.29) is 22.4 Å². The van der Waals surface area contributed by atoms with Gasteiger partial charge in [-0.1, -0.05) is 49.2 Å². The summed E-state index contributed by atoms with van der Waals surface area (Å²) in [7, 11) is 0. The lowest BCUT2D eigenvalue weighted by atomic mass is 10.0. The number of halogens is 2. The normalized spacial score (nSPS) is 14.9. The molecule has 1 saturated heterocycles. The van der Waals surface area contributed by atoms with E-state index in [4.69, 9.17) is 27.9 Å². The van der Waals surface area contributed by atoms with E-state index in [1.807, 2.05) is 38.1 Å². The van der Waals surface area contributed by atoms with Gasteiger partial charge in [0.2, 0.25) is 5.91 Å². The number of anilines is 2. The monoisotopic (exact) mass is 463 g/mol. The second kappa shape index (κ2) is 10.8. The first-order valence-electron chi connectivity index (χ1n) is 10.3. The van der Waals surface area contributed by atoms with Crippen LogP contribution < -0.4 is 15.5 Å². The van der Waals surface area contributed by atoms with Gasteiger partial charge in [0.25, 0.3) is 5.91 Å². The molecule has 3 rings (SSSR count). The summed E-state index contributed by atoms with van der Waals surface area (Å²) in [6.45, 7) is 6.82. The van der Waals surface area contributed by atoms with Gasteiger partial charge in [0, 0.05) is 18.1 Å². The first-order chi connectivity index (χ1) is 14.8. The first-order valence-corrected chi connectivity index (χ1v) is 11.1. The maximum Gasteiger partial charge on any atom is 0.253 e. The van der Waals surface area contributed by atoms with Crippen LogP contribution in [0.2, 0.25) is 10.0 Å². The van der Waals surface area contributed by atoms with Gasteiger partial charge < -0.3 is 20.3 Å². The van der Waals surface area contributed by atoms with Crippen LogP contribution in [0.25, 0.3) is 0 Å². The SMILES string of the molecule is CC(C)C[C@@H](NC(=O)c1ccc(Cl)cc1Cl)C(=O)Nc1ccccc1N1CCOCC1. The molecule has 0 aliphatic carbocycles. The van der Waals surface area contributed by atoms with Gasteiger partial charge in [-0.05, 0) is 42.7 Å². The molecule has 2 amide bonds. The number of hydrogen-bond acceptors (Lipinski definition) is 4. The lowest BCUT2D eigenvalue weighted by molar-refractivity contribution is -0.118. The molecular weight excluding hydrogens is 437 g/mol. The third-order valence-electron chi connectivity index (χ3n) is 5.02. The summed E-state index contributed by atoms with van der Waals surface area (Å²) in [4.78, 5) is 28.1. The van der Waals surface area contributed by atoms with Crippen LogP contribution in [0, 0.1) is 5.92 Å². The number of carbonyl (C=O) groups excluding carboxylic acids is 2. The number of hydrogen-bond donors (Lipinski definition) is 2. The van der Waals surface area contributed by atoms with Crippen LogP contribution in [-0.4, -0.2) is 44.2 Å². The Morgan fingerprint density at radius 3 is 2.48 bits per heavy atom. The molecule has 1 fully saturated rings. The van der Waals surface area contributed by atoms with Gasteiger partial charge >= 0.3 is 0 Å². The standard InChI is InChI=1S/C23H27Cl2N3O3/c1-15(2)13-20(27-22(29)17-8-7-16(24)14-18(17)25)23(30)26-19-5-3-4-6-21(19)28-9-11-31-12-10-28/h3-8,14-15,20H,9-13H2,1-2H3,(H,26,30)(H,27,29)/t20-/m1/s1. The van der Waals surface area contributed by atoms with E-state index in [2.05, 4.69) is 15.5 Å². The van der Waals surface area contributed by atoms with Gasteiger partial charge in [0.05, 0.1) is 35.2 Å².